The molecule has 1 aliphatic heterocycles. The first kappa shape index (κ1) is 17.1. The number of halogens is 1. The predicted molar refractivity (Wildman–Crippen MR) is 95.3 cm³/mol. The van der Waals surface area contributed by atoms with Crippen molar-refractivity contribution in [2.24, 2.45) is 7.05 Å². The molecule has 3 rings (SSSR count). The lowest BCUT2D eigenvalue weighted by atomic mass is 9.89. The van der Waals surface area contributed by atoms with E-state index in [2.05, 4.69) is 22.5 Å². The zero-order valence-electron chi connectivity index (χ0n) is 14.6. The van der Waals surface area contributed by atoms with Crippen LogP contribution in [-0.2, 0) is 13.5 Å². The van der Waals surface area contributed by atoms with Crippen LogP contribution in [0.15, 0.2) is 12.1 Å². The average molecular weight is 350 g/mol. The van der Waals surface area contributed by atoms with E-state index < -0.39 is 0 Å². The highest BCUT2D eigenvalue weighted by molar-refractivity contribution is 6.30. The van der Waals surface area contributed by atoms with Crippen LogP contribution in [-0.4, -0.2) is 29.5 Å². The highest BCUT2D eigenvalue weighted by atomic mass is 35.5. The Bertz CT molecular complexity index is 742. The maximum atomic E-state index is 6.50. The van der Waals surface area contributed by atoms with Gasteiger partial charge in [-0.3, -0.25) is 4.68 Å². The van der Waals surface area contributed by atoms with E-state index in [4.69, 9.17) is 21.1 Å². The molecule has 130 valence electrons. The van der Waals surface area contributed by atoms with Crippen molar-refractivity contribution in [1.29, 1.82) is 0 Å². The molecule has 1 N–H and O–H groups in total. The van der Waals surface area contributed by atoms with Crippen molar-refractivity contribution >= 4 is 11.6 Å². The summed E-state index contributed by atoms with van der Waals surface area (Å²) in [5.74, 6) is 1.59. The molecule has 2 aromatic rings. The maximum Gasteiger partial charge on any atom is 0.161 e. The van der Waals surface area contributed by atoms with Gasteiger partial charge in [0.1, 0.15) is 5.15 Å². The molecule has 0 unspecified atom stereocenters. The van der Waals surface area contributed by atoms with E-state index in [1.807, 2.05) is 27.8 Å². The fourth-order valence-electron chi connectivity index (χ4n) is 3.33. The monoisotopic (exact) mass is 349 g/mol. The number of aromatic nitrogens is 2. The number of ether oxygens (including phenoxy) is 2. The Kier molecular flexibility index (Phi) is 5.01. The highest BCUT2D eigenvalue weighted by Gasteiger charge is 2.29. The van der Waals surface area contributed by atoms with Gasteiger partial charge in [-0.2, -0.15) is 5.10 Å². The summed E-state index contributed by atoms with van der Waals surface area (Å²) < 4.78 is 13.3. The number of benzene rings is 1. The van der Waals surface area contributed by atoms with Crippen LogP contribution in [0.3, 0.4) is 0 Å². The Labute approximate surface area is 147 Å². The van der Waals surface area contributed by atoms with E-state index in [9.17, 15) is 0 Å². The van der Waals surface area contributed by atoms with Crippen LogP contribution in [0.5, 0.6) is 11.5 Å². The van der Waals surface area contributed by atoms with Crippen LogP contribution in [0.1, 0.15) is 42.3 Å². The summed E-state index contributed by atoms with van der Waals surface area (Å²) in [6.45, 7) is 8.07. The largest absolute Gasteiger partial charge is 0.490 e. The molecule has 1 aliphatic rings. The Morgan fingerprint density at radius 3 is 2.50 bits per heavy atom. The van der Waals surface area contributed by atoms with Gasteiger partial charge in [0.05, 0.1) is 24.9 Å². The van der Waals surface area contributed by atoms with Crippen LogP contribution in [0.4, 0.5) is 0 Å². The molecular formula is C18H24ClN3O2. The molecule has 0 fully saturated rings. The molecule has 0 saturated heterocycles. The molecular weight excluding hydrogens is 326 g/mol. The molecule has 1 aromatic heterocycles. The van der Waals surface area contributed by atoms with Crippen LogP contribution in [0, 0.1) is 6.92 Å². The molecule has 6 heteroatoms. The lowest BCUT2D eigenvalue weighted by Crippen LogP contribution is -2.31. The SMILES string of the molecule is CCOc1cc2c(cc1OCC)[C@H](c1c(C)nn(C)c1Cl)NCC2. The van der Waals surface area contributed by atoms with E-state index in [-0.39, 0.29) is 6.04 Å². The number of aryl methyl sites for hydroxylation is 2. The van der Waals surface area contributed by atoms with Gasteiger partial charge < -0.3 is 14.8 Å². The third-order valence-electron chi connectivity index (χ3n) is 4.34. The average Bonchev–Trinajstić information content (AvgIpc) is 2.81. The standard InChI is InChI=1S/C18H24ClN3O2/c1-5-23-14-9-12-7-8-20-17(13(12)10-15(14)24-6-2)16-11(3)21-22(4)18(16)19/h9-10,17,20H,5-8H2,1-4H3/t17-/m1/s1. The lowest BCUT2D eigenvalue weighted by Gasteiger charge is -2.28. The van der Waals surface area contributed by atoms with Gasteiger partial charge in [0.2, 0.25) is 0 Å². The van der Waals surface area contributed by atoms with Crippen LogP contribution in [0.25, 0.3) is 0 Å². The van der Waals surface area contributed by atoms with Crippen molar-refractivity contribution in [1.82, 2.24) is 15.1 Å². The van der Waals surface area contributed by atoms with Gasteiger partial charge in [-0.15, -0.1) is 0 Å². The Morgan fingerprint density at radius 2 is 1.92 bits per heavy atom. The van der Waals surface area contributed by atoms with Crippen molar-refractivity contribution < 1.29 is 9.47 Å². The molecule has 5 nitrogen and oxygen atoms in total. The molecule has 0 amide bonds. The van der Waals surface area contributed by atoms with Crippen molar-refractivity contribution in [3.63, 3.8) is 0 Å². The first-order valence-electron chi connectivity index (χ1n) is 8.41. The van der Waals surface area contributed by atoms with E-state index in [0.717, 1.165) is 35.7 Å². The van der Waals surface area contributed by atoms with E-state index >= 15 is 0 Å². The van der Waals surface area contributed by atoms with Gasteiger partial charge in [0.15, 0.2) is 11.5 Å². The van der Waals surface area contributed by atoms with Gasteiger partial charge in [-0.05, 0) is 50.5 Å². The second-order valence-corrected chi connectivity index (χ2v) is 6.27. The zero-order chi connectivity index (χ0) is 17.3. The molecule has 1 aromatic carbocycles. The van der Waals surface area contributed by atoms with Gasteiger partial charge in [-0.1, -0.05) is 11.6 Å². The number of nitrogens with zero attached hydrogens (tertiary/aromatic N) is 2. The summed E-state index contributed by atoms with van der Waals surface area (Å²) in [5.41, 5.74) is 4.43. The first-order chi connectivity index (χ1) is 11.6. The maximum absolute atomic E-state index is 6.50. The Morgan fingerprint density at radius 1 is 1.25 bits per heavy atom. The van der Waals surface area contributed by atoms with Crippen molar-refractivity contribution in [3.8, 4) is 11.5 Å². The number of hydrogen-bond acceptors (Lipinski definition) is 4. The van der Waals surface area contributed by atoms with Gasteiger partial charge in [0.25, 0.3) is 0 Å². The molecule has 0 radical (unpaired) electrons. The van der Waals surface area contributed by atoms with Gasteiger partial charge in [-0.25, -0.2) is 0 Å². The Hall–Kier alpha value is -1.72. The fourth-order valence-corrected chi connectivity index (χ4v) is 3.62. The third-order valence-corrected chi connectivity index (χ3v) is 4.79. The quantitative estimate of drug-likeness (QED) is 0.898. The van der Waals surface area contributed by atoms with Crippen LogP contribution < -0.4 is 14.8 Å². The summed E-state index contributed by atoms with van der Waals surface area (Å²) >= 11 is 6.50. The van der Waals surface area contributed by atoms with E-state index in [1.165, 1.54) is 11.1 Å². The molecule has 24 heavy (non-hydrogen) atoms. The summed E-state index contributed by atoms with van der Waals surface area (Å²) in [6.07, 6.45) is 0.954. The van der Waals surface area contributed by atoms with Crippen LogP contribution >= 0.6 is 11.6 Å². The second kappa shape index (κ2) is 7.03. The second-order valence-electron chi connectivity index (χ2n) is 5.91. The minimum absolute atomic E-state index is 0.0184. The zero-order valence-corrected chi connectivity index (χ0v) is 15.4. The number of hydrogen-bond donors (Lipinski definition) is 1. The highest BCUT2D eigenvalue weighted by Crippen LogP contribution is 2.40. The molecule has 0 bridgehead atoms. The fraction of sp³-hybridized carbons (Fsp3) is 0.500. The van der Waals surface area contributed by atoms with Crippen molar-refractivity contribution in [2.45, 2.75) is 33.2 Å². The summed E-state index contributed by atoms with van der Waals surface area (Å²) in [4.78, 5) is 0. The Balaban J connectivity index is 2.10. The normalized spacial score (nSPS) is 16.8. The number of fused-ring (bicyclic) bond motifs is 1. The van der Waals surface area contributed by atoms with Gasteiger partial charge >= 0.3 is 0 Å². The van der Waals surface area contributed by atoms with Crippen molar-refractivity contribution in [3.05, 3.63) is 39.7 Å². The molecule has 2 heterocycles. The minimum Gasteiger partial charge on any atom is -0.490 e. The molecule has 0 aliphatic carbocycles. The molecule has 1 atom stereocenters. The number of rotatable bonds is 5. The predicted octanol–water partition coefficient (Wildman–Crippen LogP) is 3.41. The first-order valence-corrected chi connectivity index (χ1v) is 8.79. The summed E-state index contributed by atoms with van der Waals surface area (Å²) in [5, 5.41) is 8.70. The summed E-state index contributed by atoms with van der Waals surface area (Å²) in [6, 6.07) is 4.21. The van der Waals surface area contributed by atoms with E-state index in [0.29, 0.717) is 18.4 Å². The lowest BCUT2D eigenvalue weighted by molar-refractivity contribution is 0.286. The van der Waals surface area contributed by atoms with E-state index in [1.54, 1.807) is 4.68 Å². The van der Waals surface area contributed by atoms with Crippen molar-refractivity contribution in [2.75, 3.05) is 19.8 Å². The summed E-state index contributed by atoms with van der Waals surface area (Å²) in [7, 11) is 1.87. The smallest absolute Gasteiger partial charge is 0.161 e. The topological polar surface area (TPSA) is 48.3 Å². The minimum atomic E-state index is 0.0184. The molecule has 0 spiro atoms. The molecule has 0 saturated carbocycles. The third kappa shape index (κ3) is 2.98. The van der Waals surface area contributed by atoms with Gasteiger partial charge in [0, 0.05) is 19.2 Å². The van der Waals surface area contributed by atoms with Crippen LogP contribution in [0.2, 0.25) is 5.15 Å². The number of nitrogens with one attached hydrogen (secondary N) is 1.